The monoisotopic (exact) mass is 340 g/mol. The second-order valence-electron chi connectivity index (χ2n) is 5.37. The second kappa shape index (κ2) is 5.57. The van der Waals surface area contributed by atoms with Crippen molar-refractivity contribution in [2.45, 2.75) is 13.1 Å². The van der Waals surface area contributed by atoms with Gasteiger partial charge >= 0.3 is 5.97 Å². The molecule has 1 amide bonds. The third-order valence-electron chi connectivity index (χ3n) is 3.87. The molecule has 0 saturated heterocycles. The van der Waals surface area contributed by atoms with Crippen molar-refractivity contribution < 1.29 is 14.7 Å². The van der Waals surface area contributed by atoms with Gasteiger partial charge in [-0.2, -0.15) is 5.10 Å². The van der Waals surface area contributed by atoms with Gasteiger partial charge in [-0.1, -0.05) is 6.07 Å². The number of hydrogen-bond acceptors (Lipinski definition) is 5. The van der Waals surface area contributed by atoms with Crippen LogP contribution in [0.15, 0.2) is 36.5 Å². The number of amides is 1. The van der Waals surface area contributed by atoms with Crippen LogP contribution in [-0.4, -0.2) is 37.1 Å². The van der Waals surface area contributed by atoms with Crippen LogP contribution in [0.25, 0.3) is 10.6 Å². The summed E-state index contributed by atoms with van der Waals surface area (Å²) in [6.07, 6.45) is 1.59. The molecule has 0 aliphatic carbocycles. The largest absolute Gasteiger partial charge is 0.477 e. The summed E-state index contributed by atoms with van der Waals surface area (Å²) in [4.78, 5) is 30.4. The molecule has 2 N–H and O–H groups in total. The van der Waals surface area contributed by atoms with Crippen molar-refractivity contribution in [1.82, 2.24) is 20.1 Å². The standard InChI is InChI=1S/C16H12N4O3S/c21-15(10-3-1-2-6-17-10)20-7-9-11(8-20)18-19-14(9)12-4-5-13(24-12)16(22)23/h1-6H,7-8H2,(H,18,19)(H,22,23). The average molecular weight is 340 g/mol. The first-order valence-electron chi connectivity index (χ1n) is 7.23. The summed E-state index contributed by atoms with van der Waals surface area (Å²) in [5, 5.41) is 16.3. The van der Waals surface area contributed by atoms with Crippen molar-refractivity contribution in [3.8, 4) is 10.6 Å². The van der Waals surface area contributed by atoms with Crippen LogP contribution in [0.1, 0.15) is 31.4 Å². The van der Waals surface area contributed by atoms with Gasteiger partial charge in [0.15, 0.2) is 0 Å². The van der Waals surface area contributed by atoms with Crippen LogP contribution in [0.4, 0.5) is 0 Å². The Morgan fingerprint density at radius 2 is 2.08 bits per heavy atom. The number of pyridine rings is 1. The maximum absolute atomic E-state index is 12.5. The van der Waals surface area contributed by atoms with Crippen LogP contribution < -0.4 is 0 Å². The number of carbonyl (C=O) groups excluding carboxylic acids is 1. The lowest BCUT2D eigenvalue weighted by Gasteiger charge is -2.14. The number of hydrogen-bond donors (Lipinski definition) is 2. The Bertz CT molecular complexity index is 932. The molecule has 0 atom stereocenters. The Hall–Kier alpha value is -3.00. The third-order valence-corrected chi connectivity index (χ3v) is 4.95. The Morgan fingerprint density at radius 1 is 1.21 bits per heavy atom. The number of nitrogens with zero attached hydrogens (tertiary/aromatic N) is 3. The topological polar surface area (TPSA) is 99.2 Å². The fourth-order valence-corrected chi connectivity index (χ4v) is 3.58. The zero-order valence-electron chi connectivity index (χ0n) is 12.4. The van der Waals surface area contributed by atoms with Gasteiger partial charge in [0.05, 0.1) is 23.7 Å². The second-order valence-corrected chi connectivity index (χ2v) is 6.46. The van der Waals surface area contributed by atoms with Crippen molar-refractivity contribution >= 4 is 23.2 Å². The molecule has 0 aromatic carbocycles. The summed E-state index contributed by atoms with van der Waals surface area (Å²) in [7, 11) is 0. The normalized spacial score (nSPS) is 13.1. The SMILES string of the molecule is O=C(O)c1ccc(-c2n[nH]c3c2CN(C(=O)c2ccccn2)C3)s1. The summed E-state index contributed by atoms with van der Waals surface area (Å²) >= 11 is 1.17. The molecule has 3 aromatic heterocycles. The van der Waals surface area contributed by atoms with Crippen molar-refractivity contribution in [3.63, 3.8) is 0 Å². The molecule has 7 nitrogen and oxygen atoms in total. The molecular formula is C16H12N4O3S. The van der Waals surface area contributed by atoms with Gasteiger partial charge in [-0.25, -0.2) is 4.79 Å². The van der Waals surface area contributed by atoms with Gasteiger partial charge in [0, 0.05) is 11.8 Å². The van der Waals surface area contributed by atoms with Gasteiger partial charge in [-0.3, -0.25) is 14.9 Å². The van der Waals surface area contributed by atoms with E-state index in [0.717, 1.165) is 16.1 Å². The smallest absolute Gasteiger partial charge is 0.345 e. The molecule has 0 spiro atoms. The van der Waals surface area contributed by atoms with Crippen LogP contribution in [0.3, 0.4) is 0 Å². The Morgan fingerprint density at radius 3 is 2.79 bits per heavy atom. The average Bonchev–Trinajstić information content (AvgIpc) is 3.29. The minimum absolute atomic E-state index is 0.136. The molecule has 1 aliphatic heterocycles. The first-order valence-corrected chi connectivity index (χ1v) is 8.05. The van der Waals surface area contributed by atoms with Crippen molar-refractivity contribution in [2.75, 3.05) is 0 Å². The number of carboxylic acid groups (broad SMARTS) is 1. The number of nitrogens with one attached hydrogen (secondary N) is 1. The quantitative estimate of drug-likeness (QED) is 0.763. The molecule has 0 radical (unpaired) electrons. The van der Waals surface area contributed by atoms with E-state index in [4.69, 9.17) is 5.11 Å². The minimum atomic E-state index is -0.953. The van der Waals surface area contributed by atoms with E-state index in [1.807, 2.05) is 0 Å². The van der Waals surface area contributed by atoms with Gasteiger partial charge in [-0.05, 0) is 24.3 Å². The maximum atomic E-state index is 12.5. The number of aromatic nitrogens is 3. The first-order chi connectivity index (χ1) is 11.6. The Labute approximate surface area is 140 Å². The number of carboxylic acids is 1. The summed E-state index contributed by atoms with van der Waals surface area (Å²) in [6.45, 7) is 0.867. The summed E-state index contributed by atoms with van der Waals surface area (Å²) in [5.74, 6) is -1.09. The van der Waals surface area contributed by atoms with Gasteiger partial charge in [0.2, 0.25) is 0 Å². The molecular weight excluding hydrogens is 328 g/mol. The molecule has 24 heavy (non-hydrogen) atoms. The highest BCUT2D eigenvalue weighted by atomic mass is 32.1. The van der Waals surface area contributed by atoms with Crippen molar-refractivity contribution in [1.29, 1.82) is 0 Å². The molecule has 120 valence electrons. The molecule has 0 saturated carbocycles. The number of carbonyl (C=O) groups is 2. The van der Waals surface area contributed by atoms with E-state index < -0.39 is 5.97 Å². The van der Waals surface area contributed by atoms with Crippen molar-refractivity contribution in [3.05, 3.63) is 58.4 Å². The molecule has 3 aromatic rings. The van der Waals surface area contributed by atoms with Crippen LogP contribution in [-0.2, 0) is 13.1 Å². The van der Waals surface area contributed by atoms with E-state index in [-0.39, 0.29) is 10.8 Å². The van der Waals surface area contributed by atoms with Crippen LogP contribution in [0.2, 0.25) is 0 Å². The lowest BCUT2D eigenvalue weighted by atomic mass is 10.2. The van der Waals surface area contributed by atoms with E-state index in [0.29, 0.717) is 24.5 Å². The number of H-pyrrole nitrogens is 1. The molecule has 4 heterocycles. The Balaban J connectivity index is 1.60. The number of aromatic amines is 1. The molecule has 8 heteroatoms. The lowest BCUT2D eigenvalue weighted by molar-refractivity contribution is 0.0700. The third kappa shape index (κ3) is 2.37. The van der Waals surface area contributed by atoms with Gasteiger partial charge in [-0.15, -0.1) is 11.3 Å². The van der Waals surface area contributed by atoms with E-state index >= 15 is 0 Å². The van der Waals surface area contributed by atoms with Crippen LogP contribution in [0.5, 0.6) is 0 Å². The summed E-state index contributed by atoms with van der Waals surface area (Å²) < 4.78 is 0. The Kier molecular flexibility index (Phi) is 3.39. The molecule has 0 bridgehead atoms. The van der Waals surface area contributed by atoms with E-state index in [1.54, 1.807) is 41.4 Å². The molecule has 0 unspecified atom stereocenters. The maximum Gasteiger partial charge on any atom is 0.345 e. The predicted molar refractivity (Wildman–Crippen MR) is 86.7 cm³/mol. The number of rotatable bonds is 3. The summed E-state index contributed by atoms with van der Waals surface area (Å²) in [6, 6.07) is 8.54. The zero-order chi connectivity index (χ0) is 16.7. The molecule has 4 rings (SSSR count). The highest BCUT2D eigenvalue weighted by Crippen LogP contribution is 2.34. The minimum Gasteiger partial charge on any atom is -0.477 e. The molecule has 1 aliphatic rings. The molecule has 0 fully saturated rings. The number of aromatic carboxylic acids is 1. The highest BCUT2D eigenvalue weighted by Gasteiger charge is 2.30. The lowest BCUT2D eigenvalue weighted by Crippen LogP contribution is -2.26. The van der Waals surface area contributed by atoms with E-state index in [1.165, 1.54) is 11.3 Å². The number of fused-ring (bicyclic) bond motifs is 1. The first kappa shape index (κ1) is 14.6. The van der Waals surface area contributed by atoms with Crippen LogP contribution in [0, 0.1) is 0 Å². The fourth-order valence-electron chi connectivity index (χ4n) is 2.72. The van der Waals surface area contributed by atoms with E-state index in [2.05, 4.69) is 15.2 Å². The van der Waals surface area contributed by atoms with Crippen LogP contribution >= 0.6 is 11.3 Å². The predicted octanol–water partition coefficient (Wildman–Crippen LogP) is 2.39. The highest BCUT2D eigenvalue weighted by molar-refractivity contribution is 7.17. The fraction of sp³-hybridized carbons (Fsp3) is 0.125. The van der Waals surface area contributed by atoms with Crippen molar-refractivity contribution in [2.24, 2.45) is 0 Å². The van der Waals surface area contributed by atoms with E-state index in [9.17, 15) is 9.59 Å². The zero-order valence-corrected chi connectivity index (χ0v) is 13.2. The van der Waals surface area contributed by atoms with Gasteiger partial charge in [0.1, 0.15) is 16.3 Å². The number of thiophene rings is 1. The summed E-state index contributed by atoms with van der Waals surface area (Å²) in [5.41, 5.74) is 2.91. The van der Waals surface area contributed by atoms with Gasteiger partial charge < -0.3 is 10.0 Å². The van der Waals surface area contributed by atoms with Gasteiger partial charge in [0.25, 0.3) is 5.91 Å².